The topological polar surface area (TPSA) is 136 Å². The number of para-hydroxylation sites is 1. The number of amides is 2. The van der Waals surface area contributed by atoms with Crippen molar-refractivity contribution in [3.05, 3.63) is 48.8 Å². The number of nitrogens with two attached hydrogens (primary N) is 2. The Balaban J connectivity index is 1.57. The van der Waals surface area contributed by atoms with Crippen molar-refractivity contribution in [3.8, 4) is 11.1 Å². The van der Waals surface area contributed by atoms with Crippen molar-refractivity contribution in [1.29, 1.82) is 0 Å². The molecule has 4 N–H and O–H groups in total. The Labute approximate surface area is 177 Å². The molecule has 5 rings (SSSR count). The molecule has 10 heteroatoms. The number of benzene rings is 1. The van der Waals surface area contributed by atoms with Gasteiger partial charge in [0.25, 0.3) is 0 Å². The van der Waals surface area contributed by atoms with E-state index in [1.54, 1.807) is 23.0 Å². The molecule has 4 heterocycles. The lowest BCUT2D eigenvalue weighted by molar-refractivity contribution is -0.131. The van der Waals surface area contributed by atoms with Gasteiger partial charge in [0.2, 0.25) is 12.3 Å². The molecule has 2 amide bonds. The van der Waals surface area contributed by atoms with Crippen LogP contribution in [0.2, 0.25) is 0 Å². The molecule has 10 nitrogen and oxygen atoms in total. The van der Waals surface area contributed by atoms with E-state index in [-0.39, 0.29) is 6.54 Å². The number of piperazine rings is 1. The van der Waals surface area contributed by atoms with E-state index in [0.29, 0.717) is 36.8 Å². The molecule has 0 spiro atoms. The SMILES string of the molecule is NC(=O)C1CN(c2cc(N)n3ncc(-c4cnc5ccccc5c4)c3n2)CCN1C=O. The summed E-state index contributed by atoms with van der Waals surface area (Å²) in [5.74, 6) is 0.448. The van der Waals surface area contributed by atoms with E-state index in [2.05, 4.69) is 10.1 Å². The summed E-state index contributed by atoms with van der Waals surface area (Å²) in [6.07, 6.45) is 4.15. The van der Waals surface area contributed by atoms with E-state index in [0.717, 1.165) is 22.0 Å². The zero-order valence-corrected chi connectivity index (χ0v) is 16.5. The lowest BCUT2D eigenvalue weighted by Crippen LogP contribution is -2.58. The van der Waals surface area contributed by atoms with Gasteiger partial charge in [-0.05, 0) is 12.1 Å². The summed E-state index contributed by atoms with van der Waals surface area (Å²) in [5, 5.41) is 5.40. The molecule has 3 aromatic heterocycles. The third-order valence-electron chi connectivity index (χ3n) is 5.60. The fraction of sp³-hybridized carbons (Fsp3) is 0.190. The van der Waals surface area contributed by atoms with E-state index in [1.165, 1.54) is 4.90 Å². The molecule has 4 aromatic rings. The predicted molar refractivity (Wildman–Crippen MR) is 116 cm³/mol. The zero-order chi connectivity index (χ0) is 21.5. The van der Waals surface area contributed by atoms with E-state index < -0.39 is 11.9 Å². The molecule has 1 aromatic carbocycles. The summed E-state index contributed by atoms with van der Waals surface area (Å²) in [7, 11) is 0. The summed E-state index contributed by atoms with van der Waals surface area (Å²) >= 11 is 0. The number of pyridine rings is 1. The van der Waals surface area contributed by atoms with Crippen LogP contribution < -0.4 is 16.4 Å². The van der Waals surface area contributed by atoms with Crippen molar-refractivity contribution in [2.24, 2.45) is 5.73 Å². The molecule has 156 valence electrons. The molecular formula is C21H20N8O2. The predicted octanol–water partition coefficient (Wildman–Crippen LogP) is 0.659. The highest BCUT2D eigenvalue weighted by Crippen LogP contribution is 2.29. The number of nitrogen functional groups attached to an aromatic ring is 1. The second kappa shape index (κ2) is 7.24. The smallest absolute Gasteiger partial charge is 0.242 e. The maximum Gasteiger partial charge on any atom is 0.242 e. The highest BCUT2D eigenvalue weighted by molar-refractivity contribution is 5.87. The van der Waals surface area contributed by atoms with Gasteiger partial charge in [0.1, 0.15) is 17.7 Å². The van der Waals surface area contributed by atoms with Crippen LogP contribution in [-0.2, 0) is 9.59 Å². The van der Waals surface area contributed by atoms with Crippen molar-refractivity contribution in [3.63, 3.8) is 0 Å². The first-order valence-corrected chi connectivity index (χ1v) is 9.80. The number of anilines is 2. The van der Waals surface area contributed by atoms with Gasteiger partial charge in [-0.2, -0.15) is 9.61 Å². The third-order valence-corrected chi connectivity index (χ3v) is 5.60. The molecule has 0 aliphatic carbocycles. The van der Waals surface area contributed by atoms with Gasteiger partial charge >= 0.3 is 0 Å². The number of rotatable bonds is 4. The van der Waals surface area contributed by atoms with Gasteiger partial charge in [0.15, 0.2) is 5.65 Å². The van der Waals surface area contributed by atoms with E-state index in [1.807, 2.05) is 35.2 Å². The normalized spacial score (nSPS) is 16.7. The van der Waals surface area contributed by atoms with Crippen molar-refractivity contribution >= 4 is 40.5 Å². The molecule has 1 unspecified atom stereocenters. The lowest BCUT2D eigenvalue weighted by atomic mass is 10.1. The fourth-order valence-corrected chi connectivity index (χ4v) is 3.94. The maximum atomic E-state index is 11.8. The monoisotopic (exact) mass is 416 g/mol. The summed E-state index contributed by atoms with van der Waals surface area (Å²) < 4.78 is 1.57. The van der Waals surface area contributed by atoms with Crippen LogP contribution in [0.15, 0.2) is 48.8 Å². The zero-order valence-electron chi connectivity index (χ0n) is 16.5. The van der Waals surface area contributed by atoms with Crippen molar-refractivity contribution in [2.45, 2.75) is 6.04 Å². The Morgan fingerprint density at radius 1 is 1.16 bits per heavy atom. The number of nitrogens with zero attached hydrogens (tertiary/aromatic N) is 6. The molecule has 1 saturated heterocycles. The van der Waals surface area contributed by atoms with Crippen molar-refractivity contribution < 1.29 is 9.59 Å². The number of primary amides is 1. The van der Waals surface area contributed by atoms with Crippen molar-refractivity contribution in [2.75, 3.05) is 30.3 Å². The Morgan fingerprint density at radius 3 is 2.81 bits per heavy atom. The number of aromatic nitrogens is 4. The largest absolute Gasteiger partial charge is 0.383 e. The van der Waals surface area contributed by atoms with Gasteiger partial charge in [-0.15, -0.1) is 0 Å². The summed E-state index contributed by atoms with van der Waals surface area (Å²) in [4.78, 5) is 35.7. The average Bonchev–Trinajstić information content (AvgIpc) is 3.23. The quantitative estimate of drug-likeness (QED) is 0.466. The van der Waals surface area contributed by atoms with Gasteiger partial charge in [0.05, 0.1) is 11.7 Å². The van der Waals surface area contributed by atoms with Crippen LogP contribution in [0.5, 0.6) is 0 Å². The van der Waals surface area contributed by atoms with Crippen molar-refractivity contribution in [1.82, 2.24) is 24.5 Å². The fourth-order valence-electron chi connectivity index (χ4n) is 3.94. The second-order valence-corrected chi connectivity index (χ2v) is 7.46. The minimum absolute atomic E-state index is 0.248. The molecule has 1 aliphatic heterocycles. The number of hydrogen-bond donors (Lipinski definition) is 2. The van der Waals surface area contributed by atoms with Gasteiger partial charge in [0, 0.05) is 48.4 Å². The number of fused-ring (bicyclic) bond motifs is 2. The number of hydrogen-bond acceptors (Lipinski definition) is 7. The first-order valence-electron chi connectivity index (χ1n) is 9.80. The summed E-state index contributed by atoms with van der Waals surface area (Å²) in [6.45, 7) is 1.12. The summed E-state index contributed by atoms with van der Waals surface area (Å²) in [6, 6.07) is 10.9. The van der Waals surface area contributed by atoms with Crippen LogP contribution in [-0.4, -0.2) is 62.5 Å². The van der Waals surface area contributed by atoms with Gasteiger partial charge in [-0.25, -0.2) is 4.98 Å². The second-order valence-electron chi connectivity index (χ2n) is 7.46. The Kier molecular flexibility index (Phi) is 4.39. The molecular weight excluding hydrogens is 396 g/mol. The van der Waals surface area contributed by atoms with Crippen LogP contribution in [0.3, 0.4) is 0 Å². The third kappa shape index (κ3) is 3.18. The minimum atomic E-state index is -0.723. The minimum Gasteiger partial charge on any atom is -0.383 e. The molecule has 1 aliphatic rings. The Hall–Kier alpha value is -4.21. The van der Waals surface area contributed by atoms with E-state index in [4.69, 9.17) is 16.5 Å². The van der Waals surface area contributed by atoms with Crippen LogP contribution in [0.1, 0.15) is 0 Å². The average molecular weight is 416 g/mol. The van der Waals surface area contributed by atoms with Crippen LogP contribution >= 0.6 is 0 Å². The molecule has 31 heavy (non-hydrogen) atoms. The molecule has 0 bridgehead atoms. The van der Waals surface area contributed by atoms with E-state index >= 15 is 0 Å². The molecule has 0 saturated carbocycles. The first-order chi connectivity index (χ1) is 15.0. The number of carbonyl (C=O) groups excluding carboxylic acids is 2. The van der Waals surface area contributed by atoms with Crippen LogP contribution in [0.4, 0.5) is 11.6 Å². The standard InChI is InChI=1S/C21H20N8O2/c22-18-8-19(27-5-6-28(12-30)17(11-27)20(23)31)26-21-15(10-25-29(18)21)14-7-13-3-1-2-4-16(13)24-9-14/h1-4,7-10,12,17H,5-6,11,22H2,(H2,23,31). The Morgan fingerprint density at radius 2 is 2.00 bits per heavy atom. The van der Waals surface area contributed by atoms with Crippen LogP contribution in [0.25, 0.3) is 27.7 Å². The highest BCUT2D eigenvalue weighted by Gasteiger charge is 2.31. The summed E-state index contributed by atoms with van der Waals surface area (Å²) in [5.41, 5.74) is 14.9. The first kappa shape index (κ1) is 18.8. The molecule has 0 radical (unpaired) electrons. The van der Waals surface area contributed by atoms with Gasteiger partial charge < -0.3 is 21.3 Å². The van der Waals surface area contributed by atoms with E-state index in [9.17, 15) is 9.59 Å². The Bertz CT molecular complexity index is 1320. The molecule has 1 atom stereocenters. The highest BCUT2D eigenvalue weighted by atomic mass is 16.2. The maximum absolute atomic E-state index is 11.8. The van der Waals surface area contributed by atoms with Crippen LogP contribution in [0, 0.1) is 0 Å². The van der Waals surface area contributed by atoms with Gasteiger partial charge in [-0.1, -0.05) is 18.2 Å². The number of carbonyl (C=O) groups is 2. The van der Waals surface area contributed by atoms with Gasteiger partial charge in [-0.3, -0.25) is 14.6 Å². The lowest BCUT2D eigenvalue weighted by Gasteiger charge is -2.38. The molecule has 1 fully saturated rings.